The van der Waals surface area contributed by atoms with Crippen molar-refractivity contribution in [3.8, 4) is 11.5 Å². The molecule has 0 atom stereocenters. The Hall–Kier alpha value is -1.33. The molecule has 0 fully saturated rings. The summed E-state index contributed by atoms with van der Waals surface area (Å²) < 4.78 is 16.3. The van der Waals surface area contributed by atoms with Gasteiger partial charge in [-0.15, -0.1) is 0 Å². The molecule has 0 aliphatic carbocycles. The Morgan fingerprint density at radius 1 is 1.15 bits per heavy atom. The Morgan fingerprint density at radius 2 is 1.85 bits per heavy atom. The SMILES string of the molecule is COc1cc(OCCOCCC(C)C)cc(C(N)=S)c1. The van der Waals surface area contributed by atoms with E-state index in [0.29, 0.717) is 35.6 Å². The molecule has 4 nitrogen and oxygen atoms in total. The van der Waals surface area contributed by atoms with Gasteiger partial charge in [0, 0.05) is 18.2 Å². The lowest BCUT2D eigenvalue weighted by atomic mass is 10.1. The average Bonchev–Trinajstić information content (AvgIpc) is 2.41. The van der Waals surface area contributed by atoms with Crippen LogP contribution in [-0.2, 0) is 4.74 Å². The van der Waals surface area contributed by atoms with Crippen molar-refractivity contribution in [1.82, 2.24) is 0 Å². The molecule has 2 N–H and O–H groups in total. The molecular weight excluding hydrogens is 274 g/mol. The number of thiocarbonyl (C=S) groups is 1. The highest BCUT2D eigenvalue weighted by Gasteiger charge is 2.04. The van der Waals surface area contributed by atoms with E-state index in [-0.39, 0.29) is 0 Å². The highest BCUT2D eigenvalue weighted by atomic mass is 32.1. The van der Waals surface area contributed by atoms with Gasteiger partial charge in [-0.05, 0) is 24.5 Å². The number of hydrogen-bond acceptors (Lipinski definition) is 4. The second kappa shape index (κ2) is 8.76. The van der Waals surface area contributed by atoms with Gasteiger partial charge in [0.25, 0.3) is 0 Å². The number of nitrogens with two attached hydrogens (primary N) is 1. The highest BCUT2D eigenvalue weighted by Crippen LogP contribution is 2.22. The van der Waals surface area contributed by atoms with E-state index >= 15 is 0 Å². The Bertz CT molecular complexity index is 435. The van der Waals surface area contributed by atoms with Crippen LogP contribution >= 0.6 is 12.2 Å². The van der Waals surface area contributed by atoms with Crippen LogP contribution in [-0.4, -0.2) is 31.9 Å². The largest absolute Gasteiger partial charge is 0.497 e. The molecule has 0 aromatic heterocycles. The zero-order valence-electron chi connectivity index (χ0n) is 12.3. The van der Waals surface area contributed by atoms with Gasteiger partial charge in [-0.25, -0.2) is 0 Å². The first kappa shape index (κ1) is 16.7. The molecule has 0 unspecified atom stereocenters. The molecule has 0 heterocycles. The van der Waals surface area contributed by atoms with E-state index in [9.17, 15) is 0 Å². The monoisotopic (exact) mass is 297 g/mol. The number of ether oxygens (including phenoxy) is 3. The predicted octanol–water partition coefficient (Wildman–Crippen LogP) is 2.77. The van der Waals surface area contributed by atoms with Crippen molar-refractivity contribution in [2.45, 2.75) is 20.3 Å². The van der Waals surface area contributed by atoms with Crippen molar-refractivity contribution in [3.63, 3.8) is 0 Å². The third kappa shape index (κ3) is 6.21. The van der Waals surface area contributed by atoms with Crippen LogP contribution in [0.5, 0.6) is 11.5 Å². The second-order valence-corrected chi connectivity index (χ2v) is 5.34. The van der Waals surface area contributed by atoms with E-state index in [2.05, 4.69) is 13.8 Å². The van der Waals surface area contributed by atoms with Crippen LogP contribution in [0.25, 0.3) is 0 Å². The van der Waals surface area contributed by atoms with Crippen molar-refractivity contribution in [2.24, 2.45) is 11.7 Å². The molecule has 1 rings (SSSR count). The molecule has 0 saturated carbocycles. The smallest absolute Gasteiger partial charge is 0.123 e. The Morgan fingerprint density at radius 3 is 2.45 bits per heavy atom. The van der Waals surface area contributed by atoms with Crippen molar-refractivity contribution < 1.29 is 14.2 Å². The number of hydrogen-bond donors (Lipinski definition) is 1. The van der Waals surface area contributed by atoms with Crippen LogP contribution in [0.15, 0.2) is 18.2 Å². The standard InChI is InChI=1S/C15H23NO3S/c1-11(2)4-5-18-6-7-19-14-9-12(15(16)20)8-13(10-14)17-3/h8-11H,4-7H2,1-3H3,(H2,16,20). The van der Waals surface area contributed by atoms with Gasteiger partial charge in [-0.3, -0.25) is 0 Å². The molecule has 1 aromatic rings. The minimum atomic E-state index is 0.321. The van der Waals surface area contributed by atoms with E-state index in [1.165, 1.54) is 0 Å². The fourth-order valence-corrected chi connectivity index (χ4v) is 1.67. The van der Waals surface area contributed by atoms with Crippen LogP contribution in [0.1, 0.15) is 25.8 Å². The van der Waals surface area contributed by atoms with Crippen LogP contribution in [0.2, 0.25) is 0 Å². The summed E-state index contributed by atoms with van der Waals surface area (Å²) in [4.78, 5) is 0.321. The predicted molar refractivity (Wildman–Crippen MR) is 84.7 cm³/mol. The van der Waals surface area contributed by atoms with E-state index < -0.39 is 0 Å². The first-order valence-corrected chi connectivity index (χ1v) is 7.13. The Balaban J connectivity index is 2.43. The molecule has 0 amide bonds. The molecule has 0 bridgehead atoms. The highest BCUT2D eigenvalue weighted by molar-refractivity contribution is 7.80. The minimum absolute atomic E-state index is 0.321. The summed E-state index contributed by atoms with van der Waals surface area (Å²) in [6.45, 7) is 6.16. The quantitative estimate of drug-likeness (QED) is 0.561. The van der Waals surface area contributed by atoms with Gasteiger partial charge < -0.3 is 19.9 Å². The zero-order chi connectivity index (χ0) is 15.0. The summed E-state index contributed by atoms with van der Waals surface area (Å²) in [6.07, 6.45) is 1.06. The fraction of sp³-hybridized carbons (Fsp3) is 0.533. The average molecular weight is 297 g/mol. The molecule has 0 aliphatic rings. The topological polar surface area (TPSA) is 53.7 Å². The van der Waals surface area contributed by atoms with Gasteiger partial charge in [-0.2, -0.15) is 0 Å². The molecule has 0 saturated heterocycles. The summed E-state index contributed by atoms with van der Waals surface area (Å²) in [5, 5.41) is 0. The lowest BCUT2D eigenvalue weighted by Crippen LogP contribution is -2.11. The first-order chi connectivity index (χ1) is 9.52. The van der Waals surface area contributed by atoms with Crippen LogP contribution in [0, 0.1) is 5.92 Å². The van der Waals surface area contributed by atoms with Crippen molar-refractivity contribution >= 4 is 17.2 Å². The maximum absolute atomic E-state index is 5.63. The van der Waals surface area contributed by atoms with Gasteiger partial charge in [-0.1, -0.05) is 26.1 Å². The second-order valence-electron chi connectivity index (χ2n) is 4.90. The molecule has 0 radical (unpaired) electrons. The van der Waals surface area contributed by atoms with E-state index in [0.717, 1.165) is 18.6 Å². The Kier molecular flexibility index (Phi) is 7.33. The fourth-order valence-electron chi connectivity index (χ4n) is 1.55. The maximum Gasteiger partial charge on any atom is 0.123 e. The minimum Gasteiger partial charge on any atom is -0.497 e. The molecule has 5 heteroatoms. The number of methoxy groups -OCH3 is 1. The van der Waals surface area contributed by atoms with Crippen molar-refractivity contribution in [1.29, 1.82) is 0 Å². The van der Waals surface area contributed by atoms with Gasteiger partial charge in [0.1, 0.15) is 23.1 Å². The molecule has 1 aromatic carbocycles. The van der Waals surface area contributed by atoms with Gasteiger partial charge in [0.15, 0.2) is 0 Å². The van der Waals surface area contributed by atoms with Crippen molar-refractivity contribution in [2.75, 3.05) is 26.9 Å². The van der Waals surface area contributed by atoms with E-state index in [4.69, 9.17) is 32.2 Å². The number of benzene rings is 1. The lowest BCUT2D eigenvalue weighted by molar-refractivity contribution is 0.0925. The summed E-state index contributed by atoms with van der Waals surface area (Å²) in [6, 6.07) is 5.39. The zero-order valence-corrected chi connectivity index (χ0v) is 13.2. The van der Waals surface area contributed by atoms with Gasteiger partial charge in [0.05, 0.1) is 13.7 Å². The molecular formula is C15H23NO3S. The van der Waals surface area contributed by atoms with Gasteiger partial charge >= 0.3 is 0 Å². The summed E-state index contributed by atoms with van der Waals surface area (Å²) in [5.41, 5.74) is 6.36. The first-order valence-electron chi connectivity index (χ1n) is 6.72. The molecule has 0 spiro atoms. The van der Waals surface area contributed by atoms with Crippen LogP contribution in [0.3, 0.4) is 0 Å². The third-order valence-corrected chi connectivity index (χ3v) is 2.97. The third-order valence-electron chi connectivity index (χ3n) is 2.74. The van der Waals surface area contributed by atoms with Crippen LogP contribution in [0.4, 0.5) is 0 Å². The molecule has 20 heavy (non-hydrogen) atoms. The molecule has 0 aliphatic heterocycles. The van der Waals surface area contributed by atoms with Crippen molar-refractivity contribution in [3.05, 3.63) is 23.8 Å². The van der Waals surface area contributed by atoms with E-state index in [1.807, 2.05) is 0 Å². The maximum atomic E-state index is 5.63. The van der Waals surface area contributed by atoms with E-state index in [1.54, 1.807) is 25.3 Å². The van der Waals surface area contributed by atoms with Gasteiger partial charge in [0.2, 0.25) is 0 Å². The normalized spacial score (nSPS) is 10.6. The summed E-state index contributed by atoms with van der Waals surface area (Å²) >= 11 is 4.97. The number of rotatable bonds is 9. The Labute approximate surface area is 126 Å². The lowest BCUT2D eigenvalue weighted by Gasteiger charge is -2.11. The summed E-state index contributed by atoms with van der Waals surface area (Å²) in [5.74, 6) is 2.01. The molecule has 112 valence electrons. The van der Waals surface area contributed by atoms with Crippen LogP contribution < -0.4 is 15.2 Å². The summed E-state index contributed by atoms with van der Waals surface area (Å²) in [7, 11) is 1.59.